The zero-order chi connectivity index (χ0) is 12.3. The highest BCUT2D eigenvalue weighted by Gasteiger charge is 2.10. The van der Waals surface area contributed by atoms with Gasteiger partial charge in [0.15, 0.2) is 0 Å². The number of nitrogens with one attached hydrogen (secondary N) is 1. The summed E-state index contributed by atoms with van der Waals surface area (Å²) in [5.74, 6) is 0.602. The van der Waals surface area contributed by atoms with E-state index >= 15 is 0 Å². The molecule has 0 spiro atoms. The second-order valence-corrected chi connectivity index (χ2v) is 4.54. The Bertz CT molecular complexity index is 538. The molecule has 1 heterocycles. The summed E-state index contributed by atoms with van der Waals surface area (Å²) in [7, 11) is 0. The molecule has 2 aromatic rings. The van der Waals surface area contributed by atoms with Crippen LogP contribution in [0.25, 0.3) is 11.0 Å². The van der Waals surface area contributed by atoms with Gasteiger partial charge in [0, 0.05) is 28.3 Å². The number of thiol groups is 1. The molecule has 1 aromatic heterocycles. The van der Waals surface area contributed by atoms with Gasteiger partial charge in [-0.05, 0) is 18.2 Å². The molecule has 3 nitrogen and oxygen atoms in total. The van der Waals surface area contributed by atoms with E-state index in [2.05, 4.69) is 17.9 Å². The second-order valence-electron chi connectivity index (χ2n) is 3.65. The van der Waals surface area contributed by atoms with E-state index < -0.39 is 0 Å². The molecule has 90 valence electrons. The molecular weight excluding hydrogens is 258 g/mol. The lowest BCUT2D eigenvalue weighted by atomic mass is 10.1. The van der Waals surface area contributed by atoms with Crippen molar-refractivity contribution < 1.29 is 9.21 Å². The number of hydrogen-bond acceptors (Lipinski definition) is 3. The summed E-state index contributed by atoms with van der Waals surface area (Å²) in [5.41, 5.74) is 1.57. The number of fused-ring (bicyclic) bond motifs is 1. The molecule has 0 bridgehead atoms. The molecule has 5 heteroatoms. The maximum Gasteiger partial charge on any atom is 0.224 e. The average molecular weight is 270 g/mol. The minimum absolute atomic E-state index is 0.0308. The number of hydrogen-bond donors (Lipinski definition) is 2. The van der Waals surface area contributed by atoms with Gasteiger partial charge < -0.3 is 9.73 Å². The quantitative estimate of drug-likeness (QED) is 0.838. The molecule has 0 aliphatic carbocycles. The predicted molar refractivity (Wildman–Crippen MR) is 71.8 cm³/mol. The van der Waals surface area contributed by atoms with E-state index in [1.165, 1.54) is 0 Å². The van der Waals surface area contributed by atoms with Crippen LogP contribution < -0.4 is 5.32 Å². The number of carbonyl (C=O) groups is 1. The first-order valence-electron chi connectivity index (χ1n) is 5.24. The van der Waals surface area contributed by atoms with E-state index in [0.717, 1.165) is 10.9 Å². The minimum atomic E-state index is -0.0308. The van der Waals surface area contributed by atoms with E-state index in [1.54, 1.807) is 18.4 Å². The van der Waals surface area contributed by atoms with Crippen molar-refractivity contribution in [2.45, 2.75) is 6.42 Å². The van der Waals surface area contributed by atoms with Crippen molar-refractivity contribution in [2.24, 2.45) is 0 Å². The van der Waals surface area contributed by atoms with Gasteiger partial charge in [0.25, 0.3) is 0 Å². The van der Waals surface area contributed by atoms with Gasteiger partial charge in [-0.25, -0.2) is 0 Å². The Morgan fingerprint density at radius 3 is 3.06 bits per heavy atom. The highest BCUT2D eigenvalue weighted by atomic mass is 35.5. The van der Waals surface area contributed by atoms with Gasteiger partial charge in [0.05, 0.1) is 12.7 Å². The third kappa shape index (κ3) is 2.96. The summed E-state index contributed by atoms with van der Waals surface area (Å²) in [6.07, 6.45) is 1.91. The summed E-state index contributed by atoms with van der Waals surface area (Å²) in [4.78, 5) is 11.6. The van der Waals surface area contributed by atoms with Gasteiger partial charge in [0.2, 0.25) is 5.91 Å². The number of carbonyl (C=O) groups excluding carboxylic acids is 1. The number of benzene rings is 1. The van der Waals surface area contributed by atoms with Crippen molar-refractivity contribution in [2.75, 3.05) is 12.3 Å². The van der Waals surface area contributed by atoms with Gasteiger partial charge in [-0.3, -0.25) is 4.79 Å². The van der Waals surface area contributed by atoms with E-state index in [1.807, 2.05) is 6.07 Å². The lowest BCUT2D eigenvalue weighted by Gasteiger charge is -2.01. The second kappa shape index (κ2) is 5.47. The van der Waals surface area contributed by atoms with Gasteiger partial charge in [-0.2, -0.15) is 12.6 Å². The van der Waals surface area contributed by atoms with Crippen molar-refractivity contribution in [1.82, 2.24) is 5.32 Å². The van der Waals surface area contributed by atoms with Crippen LogP contribution in [0.2, 0.25) is 5.02 Å². The fourth-order valence-electron chi connectivity index (χ4n) is 1.62. The number of halogens is 1. The molecule has 0 radical (unpaired) electrons. The summed E-state index contributed by atoms with van der Waals surface area (Å²) < 4.78 is 5.36. The third-order valence-electron chi connectivity index (χ3n) is 2.40. The summed E-state index contributed by atoms with van der Waals surface area (Å²) >= 11 is 9.89. The van der Waals surface area contributed by atoms with E-state index in [4.69, 9.17) is 16.0 Å². The first-order valence-corrected chi connectivity index (χ1v) is 6.25. The van der Waals surface area contributed by atoms with Gasteiger partial charge in [-0.15, -0.1) is 0 Å². The van der Waals surface area contributed by atoms with Crippen molar-refractivity contribution in [3.63, 3.8) is 0 Å². The largest absolute Gasteiger partial charge is 0.464 e. The minimum Gasteiger partial charge on any atom is -0.464 e. The SMILES string of the molecule is O=C(Cc1coc2cc(Cl)ccc12)NCCS. The van der Waals surface area contributed by atoms with E-state index in [0.29, 0.717) is 29.3 Å². The molecule has 0 aliphatic heterocycles. The fourth-order valence-corrected chi connectivity index (χ4v) is 1.90. The Labute approximate surface area is 110 Å². The Morgan fingerprint density at radius 2 is 2.29 bits per heavy atom. The van der Waals surface area contributed by atoms with Crippen LogP contribution in [0.3, 0.4) is 0 Å². The standard InChI is InChI=1S/C12H12ClNO2S/c13-9-1-2-10-8(7-16-11(10)6-9)5-12(15)14-3-4-17/h1-2,6-7,17H,3-5H2,(H,14,15). The van der Waals surface area contributed by atoms with Crippen molar-refractivity contribution in [1.29, 1.82) is 0 Å². The molecule has 1 N–H and O–H groups in total. The van der Waals surface area contributed by atoms with Crippen molar-refractivity contribution in [3.05, 3.63) is 35.0 Å². The molecule has 0 aliphatic rings. The maximum absolute atomic E-state index is 11.6. The lowest BCUT2D eigenvalue weighted by Crippen LogP contribution is -2.26. The van der Waals surface area contributed by atoms with Crippen molar-refractivity contribution >= 4 is 41.1 Å². The molecule has 0 fully saturated rings. The highest BCUT2D eigenvalue weighted by Crippen LogP contribution is 2.24. The first-order chi connectivity index (χ1) is 8.20. The molecule has 1 aromatic carbocycles. The van der Waals surface area contributed by atoms with Crippen LogP contribution >= 0.6 is 24.2 Å². The van der Waals surface area contributed by atoms with Gasteiger partial charge in [-0.1, -0.05) is 11.6 Å². The predicted octanol–water partition coefficient (Wildman–Crippen LogP) is 2.67. The Morgan fingerprint density at radius 1 is 1.47 bits per heavy atom. The molecule has 1 amide bonds. The molecule has 17 heavy (non-hydrogen) atoms. The van der Waals surface area contributed by atoms with Gasteiger partial charge in [0.1, 0.15) is 5.58 Å². The Hall–Kier alpha value is -1.13. The zero-order valence-corrected chi connectivity index (χ0v) is 10.7. The Balaban J connectivity index is 2.16. The lowest BCUT2D eigenvalue weighted by molar-refractivity contribution is -0.120. The van der Waals surface area contributed by atoms with Crippen LogP contribution in [0.5, 0.6) is 0 Å². The zero-order valence-electron chi connectivity index (χ0n) is 9.07. The summed E-state index contributed by atoms with van der Waals surface area (Å²) in [6, 6.07) is 5.39. The summed E-state index contributed by atoms with van der Waals surface area (Å²) in [5, 5.41) is 4.31. The fraction of sp³-hybridized carbons (Fsp3) is 0.250. The normalized spacial score (nSPS) is 10.7. The monoisotopic (exact) mass is 269 g/mol. The molecule has 0 atom stereocenters. The number of rotatable bonds is 4. The Kier molecular flexibility index (Phi) is 3.97. The first kappa shape index (κ1) is 12.3. The van der Waals surface area contributed by atoms with Crippen LogP contribution in [0.4, 0.5) is 0 Å². The van der Waals surface area contributed by atoms with Crippen molar-refractivity contribution in [3.8, 4) is 0 Å². The maximum atomic E-state index is 11.6. The molecule has 0 saturated carbocycles. The van der Waals surface area contributed by atoms with Crippen LogP contribution in [0.15, 0.2) is 28.9 Å². The molecular formula is C12H12ClNO2S. The smallest absolute Gasteiger partial charge is 0.224 e. The number of amides is 1. The highest BCUT2D eigenvalue weighted by molar-refractivity contribution is 7.80. The topological polar surface area (TPSA) is 42.2 Å². The third-order valence-corrected chi connectivity index (χ3v) is 2.86. The number of furan rings is 1. The van der Waals surface area contributed by atoms with Crippen LogP contribution in [0.1, 0.15) is 5.56 Å². The van der Waals surface area contributed by atoms with Crippen LogP contribution in [-0.4, -0.2) is 18.2 Å². The van der Waals surface area contributed by atoms with Crippen LogP contribution in [0, 0.1) is 0 Å². The summed E-state index contributed by atoms with van der Waals surface area (Å²) in [6.45, 7) is 0.573. The molecule has 0 unspecified atom stereocenters. The van der Waals surface area contributed by atoms with E-state index in [9.17, 15) is 4.79 Å². The molecule has 0 saturated heterocycles. The average Bonchev–Trinajstić information content (AvgIpc) is 2.69. The van der Waals surface area contributed by atoms with E-state index in [-0.39, 0.29) is 5.91 Å². The van der Waals surface area contributed by atoms with Gasteiger partial charge >= 0.3 is 0 Å². The van der Waals surface area contributed by atoms with Crippen LogP contribution in [-0.2, 0) is 11.2 Å². The molecule has 2 rings (SSSR count).